The third-order valence-electron chi connectivity index (χ3n) is 6.78. The minimum atomic E-state index is -0.217. The quantitative estimate of drug-likeness (QED) is 0.494. The number of carbonyl (C=O) groups excluding carboxylic acids is 1. The van der Waals surface area contributed by atoms with Gasteiger partial charge < -0.3 is 9.47 Å². The normalized spacial score (nSPS) is 15.0. The number of fused-ring (bicyclic) bond motifs is 3. The van der Waals surface area contributed by atoms with Crippen molar-refractivity contribution in [2.24, 2.45) is 5.92 Å². The van der Waals surface area contributed by atoms with Crippen LogP contribution in [0.3, 0.4) is 0 Å². The predicted molar refractivity (Wildman–Crippen MR) is 127 cm³/mol. The number of nitrogens with zero attached hydrogens (tertiary/aromatic N) is 4. The third-order valence-corrected chi connectivity index (χ3v) is 6.78. The number of aryl methyl sites for hydroxylation is 1. The van der Waals surface area contributed by atoms with Gasteiger partial charge in [-0.25, -0.2) is 4.68 Å². The molecule has 2 aromatic heterocycles. The van der Waals surface area contributed by atoms with E-state index in [9.17, 15) is 9.59 Å². The molecule has 6 heteroatoms. The summed E-state index contributed by atoms with van der Waals surface area (Å²) < 4.78 is 3.40. The Morgan fingerprint density at radius 1 is 1.03 bits per heavy atom. The fourth-order valence-electron chi connectivity index (χ4n) is 4.71. The molecule has 0 spiro atoms. The molecule has 0 unspecified atom stereocenters. The van der Waals surface area contributed by atoms with Gasteiger partial charge in [0, 0.05) is 35.9 Å². The van der Waals surface area contributed by atoms with Gasteiger partial charge in [0.05, 0.1) is 6.20 Å². The van der Waals surface area contributed by atoms with Crippen LogP contribution >= 0.6 is 0 Å². The molecule has 3 heterocycles. The van der Waals surface area contributed by atoms with Crippen LogP contribution in [0.15, 0.2) is 59.5 Å². The molecule has 4 aromatic rings. The van der Waals surface area contributed by atoms with E-state index in [0.717, 1.165) is 47.8 Å². The van der Waals surface area contributed by atoms with Crippen molar-refractivity contribution in [3.05, 3.63) is 76.2 Å². The Morgan fingerprint density at radius 3 is 2.53 bits per heavy atom. The van der Waals surface area contributed by atoms with Gasteiger partial charge in [-0.2, -0.15) is 5.10 Å². The maximum Gasteiger partial charge on any atom is 0.291 e. The largest absolute Gasteiger partial charge is 0.341 e. The van der Waals surface area contributed by atoms with Crippen LogP contribution in [0.25, 0.3) is 21.8 Å². The number of likely N-dealkylation sites (tertiary alicyclic amines) is 1. The number of piperidine rings is 1. The molecule has 0 aliphatic carbocycles. The molecule has 164 valence electrons. The van der Waals surface area contributed by atoms with Crippen molar-refractivity contribution in [2.75, 3.05) is 13.1 Å². The van der Waals surface area contributed by atoms with Gasteiger partial charge in [0.2, 0.25) is 5.91 Å². The third kappa shape index (κ3) is 3.60. The first-order valence-electron chi connectivity index (χ1n) is 11.3. The smallest absolute Gasteiger partial charge is 0.291 e. The monoisotopic (exact) mass is 428 g/mol. The number of carbonyl (C=O) groups is 1. The number of hydrogen-bond donors (Lipinski definition) is 0. The zero-order chi connectivity index (χ0) is 22.2. The first-order chi connectivity index (χ1) is 15.5. The van der Waals surface area contributed by atoms with Crippen molar-refractivity contribution in [3.63, 3.8) is 0 Å². The molecule has 2 aromatic carbocycles. The summed E-state index contributed by atoms with van der Waals surface area (Å²) in [7, 11) is 0. The van der Waals surface area contributed by atoms with E-state index >= 15 is 0 Å². The minimum Gasteiger partial charge on any atom is -0.341 e. The van der Waals surface area contributed by atoms with E-state index in [4.69, 9.17) is 0 Å². The lowest BCUT2D eigenvalue weighted by atomic mass is 9.99. The van der Waals surface area contributed by atoms with E-state index in [1.54, 1.807) is 6.20 Å². The van der Waals surface area contributed by atoms with Gasteiger partial charge in [-0.15, -0.1) is 0 Å². The van der Waals surface area contributed by atoms with Crippen LogP contribution in [0, 0.1) is 12.8 Å². The van der Waals surface area contributed by atoms with Crippen molar-refractivity contribution in [1.29, 1.82) is 0 Å². The highest BCUT2D eigenvalue weighted by atomic mass is 16.2. The molecule has 1 fully saturated rings. The van der Waals surface area contributed by atoms with Gasteiger partial charge in [0.1, 0.15) is 12.1 Å². The molecule has 1 aliphatic heterocycles. The van der Waals surface area contributed by atoms with Crippen molar-refractivity contribution < 1.29 is 4.79 Å². The summed E-state index contributed by atoms with van der Waals surface area (Å²) in [6.07, 6.45) is 3.76. The summed E-state index contributed by atoms with van der Waals surface area (Å²) in [5.41, 5.74) is 3.73. The Hall–Kier alpha value is -3.41. The molecule has 0 atom stereocenters. The molecular formula is C26H28N4O2. The van der Waals surface area contributed by atoms with Crippen LogP contribution in [0.2, 0.25) is 0 Å². The molecule has 1 amide bonds. The Morgan fingerprint density at radius 2 is 1.75 bits per heavy atom. The summed E-state index contributed by atoms with van der Waals surface area (Å²) in [5.74, 6) is 0.612. The van der Waals surface area contributed by atoms with Gasteiger partial charge in [-0.05, 0) is 42.9 Å². The number of amides is 1. The second-order valence-corrected chi connectivity index (χ2v) is 8.96. The zero-order valence-corrected chi connectivity index (χ0v) is 18.6. The Labute approximate surface area is 187 Å². The van der Waals surface area contributed by atoms with Gasteiger partial charge in [-0.1, -0.05) is 49.4 Å². The van der Waals surface area contributed by atoms with E-state index in [1.807, 2.05) is 41.3 Å². The molecule has 32 heavy (non-hydrogen) atoms. The molecule has 0 saturated carbocycles. The second kappa shape index (κ2) is 8.26. The summed E-state index contributed by atoms with van der Waals surface area (Å²) >= 11 is 0. The van der Waals surface area contributed by atoms with Gasteiger partial charge in [0.15, 0.2) is 0 Å². The molecular weight excluding hydrogens is 400 g/mol. The molecule has 0 radical (unpaired) electrons. The lowest BCUT2D eigenvalue weighted by Crippen LogP contribution is -2.41. The molecule has 0 N–H and O–H groups in total. The highest BCUT2D eigenvalue weighted by Gasteiger charge is 2.22. The number of rotatable bonds is 4. The van der Waals surface area contributed by atoms with Crippen molar-refractivity contribution in [2.45, 2.75) is 39.8 Å². The topological polar surface area (TPSA) is 60.1 Å². The number of benzene rings is 2. The van der Waals surface area contributed by atoms with E-state index in [2.05, 4.69) is 35.6 Å². The van der Waals surface area contributed by atoms with Crippen LogP contribution in [0.1, 0.15) is 30.9 Å². The van der Waals surface area contributed by atoms with E-state index in [1.165, 1.54) is 10.2 Å². The molecule has 1 aliphatic rings. The van der Waals surface area contributed by atoms with E-state index < -0.39 is 0 Å². The van der Waals surface area contributed by atoms with Crippen molar-refractivity contribution >= 4 is 27.7 Å². The van der Waals surface area contributed by atoms with Crippen molar-refractivity contribution in [3.8, 4) is 0 Å². The first-order valence-corrected chi connectivity index (χ1v) is 11.3. The highest BCUT2D eigenvalue weighted by molar-refractivity contribution is 6.07. The van der Waals surface area contributed by atoms with Gasteiger partial charge in [0.25, 0.3) is 5.56 Å². The highest BCUT2D eigenvalue weighted by Crippen LogP contribution is 2.27. The maximum atomic E-state index is 13.6. The Kier molecular flexibility index (Phi) is 5.29. The number of hydrogen-bond acceptors (Lipinski definition) is 3. The number of para-hydroxylation sites is 1. The summed E-state index contributed by atoms with van der Waals surface area (Å²) in [5, 5.41) is 6.22. The zero-order valence-electron chi connectivity index (χ0n) is 18.6. The van der Waals surface area contributed by atoms with Crippen LogP contribution in [0.5, 0.6) is 0 Å². The van der Waals surface area contributed by atoms with Crippen LogP contribution in [0.4, 0.5) is 0 Å². The minimum absolute atomic E-state index is 0.0188. The Balaban J connectivity index is 1.58. The average molecular weight is 429 g/mol. The fraction of sp³-hybridized carbons (Fsp3) is 0.346. The Bertz CT molecular complexity index is 1360. The summed E-state index contributed by atoms with van der Waals surface area (Å²) in [4.78, 5) is 28.3. The standard InChI is InChI=1S/C26H28N4O2/c1-18-11-13-28(14-12-18)24(31)17-30-26(32)25-22(15-27-30)21-9-5-6-10-23(21)29(25)16-20-8-4-3-7-19(20)2/h3-10,15,18H,11-14,16-17H2,1-2H3. The lowest BCUT2D eigenvalue weighted by molar-refractivity contribution is -0.133. The SMILES string of the molecule is Cc1ccccc1Cn1c2ccccc2c2cnn(CC(=O)N3CCC(C)CC3)c(=O)c21. The summed E-state index contributed by atoms with van der Waals surface area (Å²) in [6, 6.07) is 16.3. The van der Waals surface area contributed by atoms with Crippen molar-refractivity contribution in [1.82, 2.24) is 19.2 Å². The molecule has 6 nitrogen and oxygen atoms in total. The van der Waals surface area contributed by atoms with Gasteiger partial charge >= 0.3 is 0 Å². The summed E-state index contributed by atoms with van der Waals surface area (Å²) in [6.45, 7) is 6.38. The second-order valence-electron chi connectivity index (χ2n) is 8.96. The van der Waals surface area contributed by atoms with Crippen LogP contribution in [-0.2, 0) is 17.9 Å². The fourth-order valence-corrected chi connectivity index (χ4v) is 4.71. The van der Waals surface area contributed by atoms with Gasteiger partial charge in [-0.3, -0.25) is 9.59 Å². The molecule has 1 saturated heterocycles. The van der Waals surface area contributed by atoms with Crippen LogP contribution < -0.4 is 5.56 Å². The van der Waals surface area contributed by atoms with E-state index in [-0.39, 0.29) is 18.0 Å². The maximum absolute atomic E-state index is 13.6. The number of aromatic nitrogens is 3. The average Bonchev–Trinajstić information content (AvgIpc) is 3.12. The molecule has 0 bridgehead atoms. The predicted octanol–water partition coefficient (Wildman–Crippen LogP) is 3.97. The lowest BCUT2D eigenvalue weighted by Gasteiger charge is -2.30. The van der Waals surface area contributed by atoms with E-state index in [0.29, 0.717) is 18.0 Å². The molecule has 5 rings (SSSR count). The first kappa shape index (κ1) is 20.5. The van der Waals surface area contributed by atoms with Crippen LogP contribution in [-0.4, -0.2) is 38.2 Å².